The molecule has 2 aromatic carbocycles. The van der Waals surface area contributed by atoms with Crippen LogP contribution in [0.5, 0.6) is 0 Å². The molecule has 0 aromatic heterocycles. The van der Waals surface area contributed by atoms with Gasteiger partial charge in [-0.15, -0.1) is 0 Å². The first kappa shape index (κ1) is 24.3. The molecule has 3 N–H and O–H groups in total. The van der Waals surface area contributed by atoms with Gasteiger partial charge in [0.05, 0.1) is 0 Å². The number of carboxylic acids is 1. The summed E-state index contributed by atoms with van der Waals surface area (Å²) >= 11 is 0. The third-order valence-electron chi connectivity index (χ3n) is 5.95. The first-order valence-electron chi connectivity index (χ1n) is 11.6. The van der Waals surface area contributed by atoms with Crippen molar-refractivity contribution in [3.63, 3.8) is 0 Å². The highest BCUT2D eigenvalue weighted by atomic mass is 16.5. The van der Waals surface area contributed by atoms with Crippen LogP contribution in [0.25, 0.3) is 11.1 Å². The molecule has 1 unspecified atom stereocenters. The number of hydrogen-bond donors (Lipinski definition) is 3. The minimum atomic E-state index is -1.05. The topological polar surface area (TPSA) is 105 Å². The average molecular weight is 453 g/mol. The number of hydrogen-bond acceptors (Lipinski definition) is 4. The molecule has 0 saturated heterocycles. The van der Waals surface area contributed by atoms with Gasteiger partial charge in [-0.1, -0.05) is 75.2 Å². The van der Waals surface area contributed by atoms with Gasteiger partial charge in [0.1, 0.15) is 12.6 Å². The molecule has 2 amide bonds. The number of benzene rings is 2. The molecule has 0 aliphatic heterocycles. The second-order valence-corrected chi connectivity index (χ2v) is 8.41. The van der Waals surface area contributed by atoms with Gasteiger partial charge in [-0.2, -0.15) is 0 Å². The standard InChI is InChI=1S/C26H32N2O5/c1-3-9-17(15-24(29)28-23(10-4-2)25(30)31)27-26(32)33-16-22-20-13-7-5-11-18(20)19-12-6-8-14-21(19)22/h5-8,11-14,17,22-23H,3-4,9-10,15-16H2,1-2H3,(H,27,32)(H,28,29)(H,30,31)/t17?,23-/m0/s1. The van der Waals surface area contributed by atoms with Crippen molar-refractivity contribution in [1.29, 1.82) is 0 Å². The van der Waals surface area contributed by atoms with Crippen molar-refractivity contribution in [3.8, 4) is 11.1 Å². The molecule has 0 bridgehead atoms. The summed E-state index contributed by atoms with van der Waals surface area (Å²) in [5, 5.41) is 14.6. The molecule has 0 heterocycles. The zero-order valence-electron chi connectivity index (χ0n) is 19.2. The van der Waals surface area contributed by atoms with Crippen LogP contribution in [-0.2, 0) is 14.3 Å². The predicted molar refractivity (Wildman–Crippen MR) is 126 cm³/mol. The lowest BCUT2D eigenvalue weighted by Gasteiger charge is -2.20. The summed E-state index contributed by atoms with van der Waals surface area (Å²) in [6.07, 6.45) is 1.78. The Balaban J connectivity index is 1.58. The van der Waals surface area contributed by atoms with Crippen LogP contribution in [-0.4, -0.2) is 41.8 Å². The quantitative estimate of drug-likeness (QED) is 0.467. The number of nitrogens with one attached hydrogen (secondary N) is 2. The first-order valence-corrected chi connectivity index (χ1v) is 11.6. The van der Waals surface area contributed by atoms with Crippen molar-refractivity contribution in [3.05, 3.63) is 59.7 Å². The van der Waals surface area contributed by atoms with Gasteiger partial charge in [0.2, 0.25) is 5.91 Å². The number of alkyl carbamates (subject to hydrolysis) is 1. The van der Waals surface area contributed by atoms with E-state index in [0.717, 1.165) is 28.7 Å². The smallest absolute Gasteiger partial charge is 0.407 e. The molecule has 0 spiro atoms. The zero-order chi connectivity index (χ0) is 23.8. The van der Waals surface area contributed by atoms with E-state index in [0.29, 0.717) is 19.3 Å². The Labute approximate surface area is 194 Å². The monoisotopic (exact) mass is 452 g/mol. The molecular formula is C26H32N2O5. The molecule has 1 aliphatic rings. The maximum absolute atomic E-state index is 12.6. The molecule has 7 nitrogen and oxygen atoms in total. The van der Waals surface area contributed by atoms with Crippen LogP contribution >= 0.6 is 0 Å². The van der Waals surface area contributed by atoms with Crippen molar-refractivity contribution in [1.82, 2.24) is 10.6 Å². The molecule has 1 aliphatic carbocycles. The number of ether oxygens (including phenoxy) is 1. The van der Waals surface area contributed by atoms with Gasteiger partial charge in [-0.05, 0) is 35.1 Å². The number of fused-ring (bicyclic) bond motifs is 3. The largest absolute Gasteiger partial charge is 0.480 e. The minimum Gasteiger partial charge on any atom is -0.480 e. The second kappa shape index (κ2) is 11.5. The fourth-order valence-corrected chi connectivity index (χ4v) is 4.40. The summed E-state index contributed by atoms with van der Waals surface area (Å²) in [6.45, 7) is 4.02. The van der Waals surface area contributed by atoms with Gasteiger partial charge in [0.25, 0.3) is 0 Å². The Morgan fingerprint density at radius 1 is 0.909 bits per heavy atom. The zero-order valence-corrected chi connectivity index (χ0v) is 19.2. The van der Waals surface area contributed by atoms with E-state index in [4.69, 9.17) is 4.74 Å². The molecule has 33 heavy (non-hydrogen) atoms. The fraction of sp³-hybridized carbons (Fsp3) is 0.423. The minimum absolute atomic E-state index is 0.00549. The van der Waals surface area contributed by atoms with E-state index in [-0.39, 0.29) is 18.9 Å². The van der Waals surface area contributed by atoms with E-state index < -0.39 is 30.1 Å². The van der Waals surface area contributed by atoms with Crippen molar-refractivity contribution in [2.75, 3.05) is 6.61 Å². The van der Waals surface area contributed by atoms with Crippen molar-refractivity contribution in [2.24, 2.45) is 0 Å². The number of carboxylic acid groups (broad SMARTS) is 1. The van der Waals surface area contributed by atoms with Gasteiger partial charge >= 0.3 is 12.1 Å². The van der Waals surface area contributed by atoms with Crippen LogP contribution in [0.15, 0.2) is 48.5 Å². The SMILES string of the molecule is CCCC(CC(=O)N[C@@H](CCC)C(=O)O)NC(=O)OCC1c2ccccc2-c2ccccc21. The Morgan fingerprint density at radius 3 is 2.03 bits per heavy atom. The molecule has 2 atom stereocenters. The molecule has 7 heteroatoms. The van der Waals surface area contributed by atoms with Crippen molar-refractivity contribution < 1.29 is 24.2 Å². The van der Waals surface area contributed by atoms with Crippen LogP contribution in [0.3, 0.4) is 0 Å². The van der Waals surface area contributed by atoms with E-state index in [9.17, 15) is 19.5 Å². The number of amides is 2. The Bertz CT molecular complexity index is 945. The maximum atomic E-state index is 12.6. The van der Waals surface area contributed by atoms with E-state index >= 15 is 0 Å². The number of carbonyl (C=O) groups excluding carboxylic acids is 2. The summed E-state index contributed by atoms with van der Waals surface area (Å²) in [7, 11) is 0. The lowest BCUT2D eigenvalue weighted by atomic mass is 9.98. The van der Waals surface area contributed by atoms with Gasteiger partial charge < -0.3 is 20.5 Å². The maximum Gasteiger partial charge on any atom is 0.407 e. The number of carbonyl (C=O) groups is 3. The van der Waals surface area contributed by atoms with Gasteiger partial charge in [-0.25, -0.2) is 9.59 Å². The Hall–Kier alpha value is -3.35. The van der Waals surface area contributed by atoms with E-state index in [1.807, 2.05) is 38.1 Å². The van der Waals surface area contributed by atoms with Crippen LogP contribution in [0.1, 0.15) is 63.0 Å². The van der Waals surface area contributed by atoms with Gasteiger partial charge in [0.15, 0.2) is 0 Å². The summed E-state index contributed by atoms with van der Waals surface area (Å²) in [5.41, 5.74) is 4.57. The highest BCUT2D eigenvalue weighted by molar-refractivity contribution is 5.84. The lowest BCUT2D eigenvalue weighted by molar-refractivity contribution is -0.142. The summed E-state index contributed by atoms with van der Waals surface area (Å²) in [5.74, 6) is -1.49. The van der Waals surface area contributed by atoms with Crippen molar-refractivity contribution >= 4 is 18.0 Å². The van der Waals surface area contributed by atoms with E-state index in [1.54, 1.807) is 0 Å². The first-order chi connectivity index (χ1) is 15.9. The molecule has 0 fully saturated rings. The van der Waals surface area contributed by atoms with Gasteiger partial charge in [0, 0.05) is 18.4 Å². The summed E-state index contributed by atoms with van der Waals surface area (Å²) < 4.78 is 5.58. The van der Waals surface area contributed by atoms with E-state index in [2.05, 4.69) is 34.9 Å². The molecular weight excluding hydrogens is 420 g/mol. The Morgan fingerprint density at radius 2 is 1.48 bits per heavy atom. The average Bonchev–Trinajstić information content (AvgIpc) is 3.11. The molecule has 176 valence electrons. The van der Waals surface area contributed by atoms with Crippen LogP contribution < -0.4 is 10.6 Å². The number of rotatable bonds is 11. The highest BCUT2D eigenvalue weighted by Gasteiger charge is 2.29. The second-order valence-electron chi connectivity index (χ2n) is 8.41. The van der Waals surface area contributed by atoms with Crippen molar-refractivity contribution in [2.45, 2.75) is 64.0 Å². The molecule has 2 aromatic rings. The molecule has 0 radical (unpaired) electrons. The lowest BCUT2D eigenvalue weighted by Crippen LogP contribution is -2.44. The Kier molecular flexibility index (Phi) is 8.46. The van der Waals surface area contributed by atoms with Crippen LogP contribution in [0.4, 0.5) is 4.79 Å². The van der Waals surface area contributed by atoms with Gasteiger partial charge in [-0.3, -0.25) is 4.79 Å². The van der Waals surface area contributed by atoms with Crippen LogP contribution in [0, 0.1) is 0 Å². The van der Waals surface area contributed by atoms with E-state index in [1.165, 1.54) is 0 Å². The highest BCUT2D eigenvalue weighted by Crippen LogP contribution is 2.44. The molecule has 0 saturated carbocycles. The summed E-state index contributed by atoms with van der Waals surface area (Å²) in [4.78, 5) is 36.2. The predicted octanol–water partition coefficient (Wildman–Crippen LogP) is 4.45. The number of aliphatic carboxylic acids is 1. The fourth-order valence-electron chi connectivity index (χ4n) is 4.40. The third-order valence-corrected chi connectivity index (χ3v) is 5.95. The van der Waals surface area contributed by atoms with Crippen LogP contribution in [0.2, 0.25) is 0 Å². The summed E-state index contributed by atoms with van der Waals surface area (Å²) in [6, 6.07) is 14.9. The third kappa shape index (κ3) is 6.12. The normalized spacial score (nSPS) is 14.0. The molecule has 3 rings (SSSR count).